The lowest BCUT2D eigenvalue weighted by atomic mass is 10.0. The molecule has 1 amide bonds. The number of likely N-dealkylation sites (N-methyl/N-ethyl adjacent to an activating group) is 1. The smallest absolute Gasteiger partial charge is 0.240 e. The Morgan fingerprint density at radius 1 is 1.24 bits per heavy atom. The highest BCUT2D eigenvalue weighted by molar-refractivity contribution is 5.87. The van der Waals surface area contributed by atoms with Crippen molar-refractivity contribution in [2.24, 2.45) is 0 Å². The van der Waals surface area contributed by atoms with Crippen LogP contribution in [0.5, 0.6) is 5.88 Å². The van der Waals surface area contributed by atoms with Gasteiger partial charge in [-0.1, -0.05) is 0 Å². The molecule has 2 aliphatic heterocycles. The molecule has 5 heterocycles. The van der Waals surface area contributed by atoms with Crippen molar-refractivity contribution in [1.29, 1.82) is 5.26 Å². The van der Waals surface area contributed by atoms with Gasteiger partial charge in [-0.2, -0.15) is 5.26 Å². The summed E-state index contributed by atoms with van der Waals surface area (Å²) in [5.41, 5.74) is 3.04. The number of nitrogens with zero attached hydrogens (tertiary/aromatic N) is 7. The molecule has 2 atom stereocenters. The van der Waals surface area contributed by atoms with Gasteiger partial charge in [-0.15, -0.1) is 0 Å². The molecular formula is C23H24N8O2. The summed E-state index contributed by atoms with van der Waals surface area (Å²) in [6.45, 7) is 2.35. The first-order valence-electron chi connectivity index (χ1n) is 10.9. The van der Waals surface area contributed by atoms with Crippen molar-refractivity contribution in [2.75, 3.05) is 39.1 Å². The molecule has 0 saturated carbocycles. The fourth-order valence-electron chi connectivity index (χ4n) is 4.35. The second-order valence-corrected chi connectivity index (χ2v) is 8.38. The first kappa shape index (κ1) is 21.0. The van der Waals surface area contributed by atoms with Crippen LogP contribution in [0.3, 0.4) is 0 Å². The Hall–Kier alpha value is -3.84. The van der Waals surface area contributed by atoms with Gasteiger partial charge in [-0.05, 0) is 38.1 Å². The Kier molecular flexibility index (Phi) is 5.48. The second-order valence-electron chi connectivity index (χ2n) is 8.38. The summed E-state index contributed by atoms with van der Waals surface area (Å²) in [5, 5.41) is 12.8. The summed E-state index contributed by atoms with van der Waals surface area (Å²) in [7, 11) is 3.47. The van der Waals surface area contributed by atoms with Gasteiger partial charge in [0.1, 0.15) is 23.5 Å². The maximum Gasteiger partial charge on any atom is 0.240 e. The van der Waals surface area contributed by atoms with E-state index in [1.54, 1.807) is 12.3 Å². The Morgan fingerprint density at radius 2 is 2.12 bits per heavy atom. The Balaban J connectivity index is 1.38. The van der Waals surface area contributed by atoms with Crippen molar-refractivity contribution in [1.82, 2.24) is 29.7 Å². The van der Waals surface area contributed by atoms with Crippen LogP contribution in [-0.2, 0) is 4.79 Å². The number of carbonyl (C=O) groups excluding carboxylic acids is 1. The Morgan fingerprint density at radius 3 is 2.85 bits per heavy atom. The molecular weight excluding hydrogens is 420 g/mol. The van der Waals surface area contributed by atoms with Crippen molar-refractivity contribution >= 4 is 22.8 Å². The quantitative estimate of drug-likeness (QED) is 0.626. The van der Waals surface area contributed by atoms with Crippen molar-refractivity contribution < 1.29 is 9.53 Å². The molecule has 33 heavy (non-hydrogen) atoms. The molecule has 5 rings (SSSR count). The molecule has 0 aromatic carbocycles. The standard InChI is InChI=1S/C23H24N8O2/c1-30-7-6-19(30)23(32)31-8-5-16(12-31)28-21-20-18(26-13-27-21)4-3-17(29-20)15-9-14(10-24)22(33-2)25-11-15/h3-4,9,11,13,16,19H,5-8,12H2,1-2H3,(H,26,27,28)/t16-,19?/m0/s1. The van der Waals surface area contributed by atoms with E-state index in [0.29, 0.717) is 40.2 Å². The molecule has 3 aromatic heterocycles. The molecule has 10 heteroatoms. The predicted molar refractivity (Wildman–Crippen MR) is 121 cm³/mol. The van der Waals surface area contributed by atoms with Gasteiger partial charge in [0.15, 0.2) is 5.82 Å². The number of anilines is 1. The van der Waals surface area contributed by atoms with Crippen molar-refractivity contribution in [2.45, 2.75) is 24.9 Å². The molecule has 1 unspecified atom stereocenters. The SMILES string of the molecule is COc1ncc(-c2ccc3ncnc(N[C@H]4CCN(C(=O)C5CCN5C)C4)c3n2)cc1C#N. The van der Waals surface area contributed by atoms with Crippen LogP contribution in [0.4, 0.5) is 5.82 Å². The fourth-order valence-corrected chi connectivity index (χ4v) is 4.35. The number of amides is 1. The summed E-state index contributed by atoms with van der Waals surface area (Å²) in [6.07, 6.45) is 4.92. The zero-order valence-electron chi connectivity index (χ0n) is 18.5. The molecule has 0 radical (unpaired) electrons. The van der Waals surface area contributed by atoms with Crippen LogP contribution < -0.4 is 10.1 Å². The molecule has 1 N–H and O–H groups in total. The van der Waals surface area contributed by atoms with Crippen molar-refractivity contribution in [3.8, 4) is 23.2 Å². The number of hydrogen-bond acceptors (Lipinski definition) is 9. The molecule has 168 valence electrons. The number of ether oxygens (including phenoxy) is 1. The lowest BCUT2D eigenvalue weighted by molar-refractivity contribution is -0.139. The monoisotopic (exact) mass is 444 g/mol. The third-order valence-electron chi connectivity index (χ3n) is 6.36. The number of pyridine rings is 2. The minimum absolute atomic E-state index is 0.0178. The number of nitriles is 1. The van der Waals surface area contributed by atoms with Crippen LogP contribution in [0.25, 0.3) is 22.3 Å². The fraction of sp³-hybridized carbons (Fsp3) is 0.391. The van der Waals surface area contributed by atoms with Gasteiger partial charge in [0, 0.05) is 37.4 Å². The third kappa shape index (κ3) is 3.91. The van der Waals surface area contributed by atoms with Crippen LogP contribution in [0.2, 0.25) is 0 Å². The topological polar surface area (TPSA) is 120 Å². The van der Waals surface area contributed by atoms with Gasteiger partial charge >= 0.3 is 0 Å². The maximum atomic E-state index is 12.7. The predicted octanol–water partition coefficient (Wildman–Crippen LogP) is 1.68. The minimum Gasteiger partial charge on any atom is -0.480 e. The van der Waals surface area contributed by atoms with Gasteiger partial charge in [0.2, 0.25) is 11.8 Å². The molecule has 0 spiro atoms. The van der Waals surface area contributed by atoms with Gasteiger partial charge < -0.3 is 15.0 Å². The molecule has 2 aliphatic rings. The number of likely N-dealkylation sites (tertiary alicyclic amines) is 2. The van der Waals surface area contributed by atoms with Crippen LogP contribution in [0, 0.1) is 11.3 Å². The van der Waals surface area contributed by atoms with Crippen LogP contribution >= 0.6 is 0 Å². The first-order valence-corrected chi connectivity index (χ1v) is 10.9. The zero-order chi connectivity index (χ0) is 22.9. The molecule has 2 saturated heterocycles. The molecule has 2 fully saturated rings. The van der Waals surface area contributed by atoms with E-state index in [9.17, 15) is 10.1 Å². The average molecular weight is 444 g/mol. The van der Waals surface area contributed by atoms with Crippen LogP contribution in [0.1, 0.15) is 18.4 Å². The maximum absolute atomic E-state index is 12.7. The number of carbonyl (C=O) groups is 1. The number of methoxy groups -OCH3 is 1. The van der Waals surface area contributed by atoms with Gasteiger partial charge in [0.05, 0.1) is 24.4 Å². The van der Waals surface area contributed by atoms with E-state index in [-0.39, 0.29) is 23.9 Å². The average Bonchev–Trinajstić information content (AvgIpc) is 3.31. The van der Waals surface area contributed by atoms with E-state index in [1.165, 1.54) is 13.4 Å². The van der Waals surface area contributed by atoms with E-state index in [4.69, 9.17) is 9.72 Å². The van der Waals surface area contributed by atoms with E-state index < -0.39 is 0 Å². The Bertz CT molecular complexity index is 1260. The number of hydrogen-bond donors (Lipinski definition) is 1. The lowest BCUT2D eigenvalue weighted by Crippen LogP contribution is -2.54. The second kappa shape index (κ2) is 8.60. The number of nitrogens with one attached hydrogen (secondary N) is 1. The summed E-state index contributed by atoms with van der Waals surface area (Å²) in [6, 6.07) is 7.63. The normalized spacial score (nSPS) is 20.3. The Labute approximate surface area is 191 Å². The number of fused-ring (bicyclic) bond motifs is 1. The van der Waals surface area contributed by atoms with Crippen molar-refractivity contribution in [3.05, 3.63) is 36.3 Å². The first-order chi connectivity index (χ1) is 16.1. The minimum atomic E-state index is 0.0178. The van der Waals surface area contributed by atoms with E-state index >= 15 is 0 Å². The molecule has 0 aliphatic carbocycles. The summed E-state index contributed by atoms with van der Waals surface area (Å²) in [4.78, 5) is 34.5. The highest BCUT2D eigenvalue weighted by atomic mass is 16.5. The summed E-state index contributed by atoms with van der Waals surface area (Å²) in [5.74, 6) is 1.12. The lowest BCUT2D eigenvalue weighted by Gasteiger charge is -2.38. The molecule has 10 nitrogen and oxygen atoms in total. The largest absolute Gasteiger partial charge is 0.480 e. The van der Waals surface area contributed by atoms with Crippen molar-refractivity contribution in [3.63, 3.8) is 0 Å². The van der Waals surface area contributed by atoms with Gasteiger partial charge in [-0.25, -0.2) is 19.9 Å². The number of rotatable bonds is 5. The summed E-state index contributed by atoms with van der Waals surface area (Å²) < 4.78 is 5.13. The van der Waals surface area contributed by atoms with Gasteiger partial charge in [-0.3, -0.25) is 9.69 Å². The number of aromatic nitrogens is 4. The van der Waals surface area contributed by atoms with Crippen LogP contribution in [0.15, 0.2) is 30.7 Å². The van der Waals surface area contributed by atoms with Crippen LogP contribution in [-0.4, -0.2) is 81.5 Å². The van der Waals surface area contributed by atoms with E-state index in [0.717, 1.165) is 25.9 Å². The van der Waals surface area contributed by atoms with Gasteiger partial charge in [0.25, 0.3) is 0 Å². The highest BCUT2D eigenvalue weighted by Crippen LogP contribution is 2.27. The zero-order valence-corrected chi connectivity index (χ0v) is 18.5. The van der Waals surface area contributed by atoms with E-state index in [2.05, 4.69) is 31.2 Å². The third-order valence-corrected chi connectivity index (χ3v) is 6.36. The molecule has 0 bridgehead atoms. The van der Waals surface area contributed by atoms with E-state index in [1.807, 2.05) is 24.1 Å². The highest BCUT2D eigenvalue weighted by Gasteiger charge is 2.37. The molecule has 3 aromatic rings. The summed E-state index contributed by atoms with van der Waals surface area (Å²) >= 11 is 0.